The van der Waals surface area contributed by atoms with E-state index in [0.717, 1.165) is 0 Å². The Hall–Kier alpha value is -4.91. The topological polar surface area (TPSA) is 341 Å². The molecule has 1 aromatic rings. The summed E-state index contributed by atoms with van der Waals surface area (Å²) in [6.07, 6.45) is 6.05. The molecule has 0 saturated carbocycles. The van der Waals surface area contributed by atoms with Gasteiger partial charge in [-0.3, -0.25) is 9.59 Å². The number of urea groups is 1. The molecular weight excluding hydrogens is 939 g/mol. The van der Waals surface area contributed by atoms with Crippen molar-refractivity contribution in [2.24, 2.45) is 11.7 Å². The highest BCUT2D eigenvalue weighted by Crippen LogP contribution is 2.35. The first-order valence-corrected chi connectivity index (χ1v) is 24.3. The highest BCUT2D eigenvalue weighted by atomic mass is 16.7. The molecule has 0 aliphatic carbocycles. The zero-order valence-electron chi connectivity index (χ0n) is 40.7. The Labute approximate surface area is 420 Å². The number of fused-ring (bicyclic) bond motifs is 2. The van der Waals surface area contributed by atoms with Gasteiger partial charge in [0.1, 0.15) is 12.2 Å². The number of esters is 1. The lowest BCUT2D eigenvalue weighted by molar-refractivity contribution is -0.298. The van der Waals surface area contributed by atoms with Gasteiger partial charge in [0.2, 0.25) is 5.91 Å². The van der Waals surface area contributed by atoms with Gasteiger partial charge in [0.25, 0.3) is 0 Å². The Bertz CT molecular complexity index is 2060. The van der Waals surface area contributed by atoms with Crippen LogP contribution in [0.3, 0.4) is 0 Å². The lowest BCUT2D eigenvalue weighted by Gasteiger charge is -2.46. The van der Waals surface area contributed by atoms with Crippen LogP contribution >= 0.6 is 0 Å². The van der Waals surface area contributed by atoms with Crippen LogP contribution in [-0.2, 0) is 23.7 Å². The van der Waals surface area contributed by atoms with Gasteiger partial charge in [0.05, 0.1) is 80.1 Å². The lowest BCUT2D eigenvalue weighted by atomic mass is 9.87. The molecule has 1 aromatic carbocycles. The molecular formula is C52H75N3O17. The van der Waals surface area contributed by atoms with E-state index in [1.807, 2.05) is 37.3 Å². The van der Waals surface area contributed by atoms with Gasteiger partial charge in [-0.1, -0.05) is 98.1 Å². The number of ether oxygens (including phenoxy) is 4. The maximum absolute atomic E-state index is 13.5. The van der Waals surface area contributed by atoms with E-state index in [-0.39, 0.29) is 62.3 Å². The van der Waals surface area contributed by atoms with Crippen LogP contribution in [0.4, 0.5) is 10.5 Å². The van der Waals surface area contributed by atoms with Crippen LogP contribution in [0.25, 0.3) is 0 Å². The van der Waals surface area contributed by atoms with Crippen molar-refractivity contribution in [2.75, 3.05) is 11.9 Å². The Kier molecular flexibility index (Phi) is 25.1. The molecule has 0 spiro atoms. The summed E-state index contributed by atoms with van der Waals surface area (Å²) in [5, 5.41) is 114. The van der Waals surface area contributed by atoms with Crippen molar-refractivity contribution >= 4 is 23.6 Å². The molecule has 3 aliphatic heterocycles. The van der Waals surface area contributed by atoms with E-state index in [9.17, 15) is 65.4 Å². The Morgan fingerprint density at radius 3 is 1.94 bits per heavy atom. The zero-order valence-corrected chi connectivity index (χ0v) is 40.7. The predicted octanol–water partition coefficient (Wildman–Crippen LogP) is 1.73. The number of benzene rings is 1. The molecule has 2 saturated heterocycles. The molecule has 400 valence electrons. The fourth-order valence-corrected chi connectivity index (χ4v) is 8.40. The fourth-order valence-electron chi connectivity index (χ4n) is 8.40. The fraction of sp³-hybridized carbons (Fsp3) is 0.558. The number of rotatable bonds is 5. The second kappa shape index (κ2) is 30.3. The number of hydrogen-bond donors (Lipinski definition) is 13. The Morgan fingerprint density at radius 2 is 1.31 bits per heavy atom. The van der Waals surface area contributed by atoms with Crippen LogP contribution in [0, 0.1) is 5.92 Å². The van der Waals surface area contributed by atoms with Crippen LogP contribution in [0.15, 0.2) is 109 Å². The van der Waals surface area contributed by atoms with Crippen molar-refractivity contribution in [1.82, 2.24) is 5.32 Å². The molecule has 0 radical (unpaired) electrons. The molecule has 72 heavy (non-hydrogen) atoms. The number of aliphatic hydroxyl groups is 10. The number of amides is 3. The van der Waals surface area contributed by atoms with Crippen LogP contribution in [-0.4, -0.2) is 167 Å². The van der Waals surface area contributed by atoms with Crippen molar-refractivity contribution in [3.05, 3.63) is 115 Å². The van der Waals surface area contributed by atoms with Crippen molar-refractivity contribution in [1.29, 1.82) is 0 Å². The first-order chi connectivity index (χ1) is 34.2. The monoisotopic (exact) mass is 1010 g/mol. The number of aliphatic hydroxyl groups excluding tert-OH is 9. The number of nitrogens with two attached hydrogens (primary N) is 1. The summed E-state index contributed by atoms with van der Waals surface area (Å²) in [6, 6.07) is 3.71. The maximum Gasteiger partial charge on any atom is 0.319 e. The van der Waals surface area contributed by atoms with Gasteiger partial charge in [0.15, 0.2) is 12.1 Å². The largest absolute Gasteiger partial charge is 0.462 e. The highest BCUT2D eigenvalue weighted by molar-refractivity contribution is 5.96. The summed E-state index contributed by atoms with van der Waals surface area (Å²) in [4.78, 5) is 37.8. The molecule has 0 unspecified atom stereocenters. The molecule has 4 rings (SSSR count). The van der Waals surface area contributed by atoms with E-state index in [4.69, 9.17) is 24.7 Å². The number of carbonyl (C=O) groups excluding carboxylic acids is 3. The Balaban J connectivity index is 1.59. The summed E-state index contributed by atoms with van der Waals surface area (Å²) in [6.45, 7) is 3.31. The smallest absolute Gasteiger partial charge is 0.319 e. The number of primary amides is 1. The van der Waals surface area contributed by atoms with Crippen molar-refractivity contribution in [3.63, 3.8) is 0 Å². The summed E-state index contributed by atoms with van der Waals surface area (Å²) < 4.78 is 23.4. The first kappa shape index (κ1) is 59.7. The van der Waals surface area contributed by atoms with Gasteiger partial charge in [-0.2, -0.15) is 0 Å². The van der Waals surface area contributed by atoms with Crippen molar-refractivity contribution in [3.8, 4) is 0 Å². The number of nitrogens with one attached hydrogen (secondary N) is 2. The average Bonchev–Trinajstić information content (AvgIpc) is 3.29. The molecule has 14 N–H and O–H groups in total. The first-order valence-electron chi connectivity index (χ1n) is 24.3. The third kappa shape index (κ3) is 21.7. The molecule has 2 fully saturated rings. The van der Waals surface area contributed by atoms with Crippen LogP contribution in [0.2, 0.25) is 0 Å². The predicted molar refractivity (Wildman–Crippen MR) is 264 cm³/mol. The number of anilines is 1. The molecule has 2 bridgehead atoms. The van der Waals surface area contributed by atoms with Crippen LogP contribution in [0.1, 0.15) is 88.4 Å². The van der Waals surface area contributed by atoms with Gasteiger partial charge in [-0.15, -0.1) is 0 Å². The number of cyclic esters (lactones) is 1. The van der Waals surface area contributed by atoms with Gasteiger partial charge in [-0.05, 0) is 44.4 Å². The second-order valence-electron chi connectivity index (χ2n) is 18.7. The SMILES string of the molecule is C[C@H]1C[C@H](O)[C@@H](C)/C=C/C=C/C=C/C=C/C=C/C=C/C=C/[C@H](O[C@@H]2OC[C@@H](O)C[C@@H]2O)C[C@@H]2O[C@](O)(C[C@@H](O)C[C@@H](O)[C@H](O)CC[C@@H](O)C[C@@H](O)CC(=O)O1)C[C@H](O)[C@H]2NC(=O)Nc1cccc(C(N)=O)c1. The van der Waals surface area contributed by atoms with E-state index < -0.39 is 135 Å². The van der Waals surface area contributed by atoms with E-state index in [1.165, 1.54) is 24.3 Å². The standard InChI is InChI=1S/C52H75N3O17/c1-32-16-13-11-9-7-5-3-4-6-8-10-12-14-19-40(71-50-44(63)26-39(59)31-69-50)28-46-48(55-51(67)54-35-18-15-17-34(23-35)49(53)66)45(64)30-52(68,72-46)29-38(58)25-43(62)41(60)21-20-36(56)24-37(57)27-47(65)70-33(2)22-42(32)61/h3-19,23,32-33,36-46,48,50,56-64,68H,20-22,24-31H2,1-2H3,(H2,53,66)(H2,54,55,67)/b4-3+,7-5+,8-6+,11-9+,12-10+,16-13+,19-14+/t32-,33-,36+,37+,38-,39-,40-,41+,42-,43+,44-,45-,46-,48+,50-,52+/m0/s1. The average molecular weight is 1010 g/mol. The van der Waals surface area contributed by atoms with Crippen molar-refractivity contribution in [2.45, 2.75) is 169 Å². The van der Waals surface area contributed by atoms with Gasteiger partial charge < -0.3 is 86.4 Å². The third-order valence-corrected chi connectivity index (χ3v) is 12.2. The van der Waals surface area contributed by atoms with Gasteiger partial charge in [-0.25, -0.2) is 4.79 Å². The molecule has 20 heteroatoms. The number of allylic oxidation sites excluding steroid dienone is 12. The molecule has 20 nitrogen and oxygen atoms in total. The molecule has 3 aliphatic rings. The summed E-state index contributed by atoms with van der Waals surface area (Å²) in [7, 11) is 0. The number of carbonyl (C=O) groups is 3. The Morgan fingerprint density at radius 1 is 0.681 bits per heavy atom. The van der Waals surface area contributed by atoms with E-state index >= 15 is 0 Å². The minimum Gasteiger partial charge on any atom is -0.462 e. The normalized spacial score (nSPS) is 38.9. The summed E-state index contributed by atoms with van der Waals surface area (Å²) in [5.41, 5.74) is 5.72. The second-order valence-corrected chi connectivity index (χ2v) is 18.7. The van der Waals surface area contributed by atoms with Crippen LogP contribution in [0.5, 0.6) is 0 Å². The van der Waals surface area contributed by atoms with Gasteiger partial charge >= 0.3 is 12.0 Å². The molecule has 0 aromatic heterocycles. The maximum atomic E-state index is 13.5. The van der Waals surface area contributed by atoms with E-state index in [1.54, 1.807) is 61.6 Å². The van der Waals surface area contributed by atoms with E-state index in [2.05, 4.69) is 10.6 Å². The van der Waals surface area contributed by atoms with E-state index in [0.29, 0.717) is 0 Å². The summed E-state index contributed by atoms with van der Waals surface area (Å²) in [5.74, 6) is -4.02. The third-order valence-electron chi connectivity index (χ3n) is 12.2. The van der Waals surface area contributed by atoms with Crippen LogP contribution < -0.4 is 16.4 Å². The van der Waals surface area contributed by atoms with Crippen molar-refractivity contribution < 1.29 is 84.4 Å². The molecule has 16 atom stereocenters. The molecule has 3 amide bonds. The quantitative estimate of drug-likeness (QED) is 0.187. The minimum atomic E-state index is -2.29. The number of hydrogen-bond acceptors (Lipinski definition) is 17. The highest BCUT2D eigenvalue weighted by Gasteiger charge is 2.48. The lowest BCUT2D eigenvalue weighted by Crippen LogP contribution is -2.62. The molecule has 3 heterocycles. The minimum absolute atomic E-state index is 0.0502. The zero-order chi connectivity index (χ0) is 52.8. The van der Waals surface area contributed by atoms with Gasteiger partial charge in [0, 0.05) is 55.7 Å². The summed E-state index contributed by atoms with van der Waals surface area (Å²) >= 11 is 0.